The van der Waals surface area contributed by atoms with E-state index in [2.05, 4.69) is 31.9 Å². The number of hydrogen-bond acceptors (Lipinski definition) is 4. The average molecular weight is 541 g/mol. The van der Waals surface area contributed by atoms with Crippen LogP contribution in [0.1, 0.15) is 31.1 Å². The molecular weight excluding hydrogens is 522 g/mol. The molecular formula is C21H19Br2NO4S. The highest BCUT2D eigenvalue weighted by Gasteiger charge is 2.73. The number of alkyl halides is 2. The monoisotopic (exact) mass is 539 g/mol. The second kappa shape index (κ2) is 7.32. The van der Waals surface area contributed by atoms with Crippen molar-refractivity contribution in [1.82, 2.24) is 4.90 Å². The normalized spacial score (nSPS) is 26.7. The standard InChI is InChI=1S/C21H19Br2NO4S/c1-20(2)16(24-18(26)21(22,23)19(24)29(20)27)17(25)28-15(13-9-5-3-6-10-13)14-11-7-4-8-12-14/h3-12,15-16,19H,1-2H3/t16-,19+,29?/m1/s1. The van der Waals surface area contributed by atoms with Crippen LogP contribution in [0.15, 0.2) is 60.7 Å². The molecule has 1 amide bonds. The molecule has 4 rings (SSSR count). The molecule has 5 nitrogen and oxygen atoms in total. The molecule has 0 spiro atoms. The van der Waals surface area contributed by atoms with E-state index in [-0.39, 0.29) is 5.91 Å². The Kier molecular flexibility index (Phi) is 5.24. The van der Waals surface area contributed by atoms with Gasteiger partial charge in [0.15, 0.2) is 9.34 Å². The molecule has 2 fully saturated rings. The van der Waals surface area contributed by atoms with Gasteiger partial charge in [0.1, 0.15) is 11.4 Å². The van der Waals surface area contributed by atoms with Gasteiger partial charge in [0.05, 0.1) is 15.5 Å². The van der Waals surface area contributed by atoms with Crippen molar-refractivity contribution in [3.05, 3.63) is 71.8 Å². The minimum atomic E-state index is -1.46. The van der Waals surface area contributed by atoms with Crippen LogP contribution in [-0.4, -0.2) is 40.4 Å². The highest BCUT2D eigenvalue weighted by Crippen LogP contribution is 2.55. The molecule has 2 aromatic rings. The van der Waals surface area contributed by atoms with Gasteiger partial charge in [-0.2, -0.15) is 0 Å². The summed E-state index contributed by atoms with van der Waals surface area (Å²) < 4.78 is 17.0. The largest absolute Gasteiger partial charge is 0.451 e. The molecule has 8 heteroatoms. The predicted molar refractivity (Wildman–Crippen MR) is 118 cm³/mol. The third-order valence-electron chi connectivity index (χ3n) is 5.40. The molecule has 0 aliphatic carbocycles. The maximum Gasteiger partial charge on any atom is 0.331 e. The van der Waals surface area contributed by atoms with E-state index in [1.165, 1.54) is 4.90 Å². The second-order valence-electron chi connectivity index (χ2n) is 7.63. The highest BCUT2D eigenvalue weighted by molar-refractivity contribution is 9.26. The number of rotatable bonds is 4. The third kappa shape index (κ3) is 3.20. The van der Waals surface area contributed by atoms with Crippen molar-refractivity contribution in [2.45, 2.75) is 39.3 Å². The molecule has 2 aliphatic heterocycles. The van der Waals surface area contributed by atoms with Crippen LogP contribution in [0.3, 0.4) is 0 Å². The van der Waals surface area contributed by atoms with Gasteiger partial charge in [-0.25, -0.2) is 4.79 Å². The molecule has 0 radical (unpaired) electrons. The molecule has 2 aliphatic rings. The predicted octanol–water partition coefficient (Wildman–Crippen LogP) is 3.88. The molecule has 0 aromatic heterocycles. The zero-order chi connectivity index (χ0) is 21.0. The van der Waals surface area contributed by atoms with Crippen LogP contribution in [0.2, 0.25) is 0 Å². The van der Waals surface area contributed by atoms with Gasteiger partial charge in [0.25, 0.3) is 5.91 Å². The van der Waals surface area contributed by atoms with Crippen molar-refractivity contribution in [3.8, 4) is 0 Å². The number of carbonyl (C=O) groups excluding carboxylic acids is 2. The first-order valence-electron chi connectivity index (χ1n) is 9.09. The number of halogens is 2. The number of carbonyl (C=O) groups is 2. The summed E-state index contributed by atoms with van der Waals surface area (Å²) in [5.74, 6) is -0.883. The van der Waals surface area contributed by atoms with E-state index >= 15 is 0 Å². The van der Waals surface area contributed by atoms with E-state index in [4.69, 9.17) is 4.74 Å². The lowest BCUT2D eigenvalue weighted by Crippen LogP contribution is -2.69. The Morgan fingerprint density at radius 3 is 2.00 bits per heavy atom. The maximum atomic E-state index is 13.3. The van der Waals surface area contributed by atoms with Crippen LogP contribution < -0.4 is 0 Å². The van der Waals surface area contributed by atoms with E-state index in [1.807, 2.05) is 60.7 Å². The molecule has 2 aromatic carbocycles. The van der Waals surface area contributed by atoms with Gasteiger partial charge < -0.3 is 9.64 Å². The van der Waals surface area contributed by atoms with Gasteiger partial charge in [-0.3, -0.25) is 9.00 Å². The number of fused-ring (bicyclic) bond motifs is 1. The summed E-state index contributed by atoms with van der Waals surface area (Å²) in [5.41, 5.74) is 1.65. The van der Waals surface area contributed by atoms with E-state index < -0.39 is 42.3 Å². The first kappa shape index (κ1) is 20.8. The summed E-state index contributed by atoms with van der Waals surface area (Å²) in [6.07, 6.45) is -0.623. The lowest BCUT2D eigenvalue weighted by Gasteiger charge is -2.46. The average Bonchev–Trinajstić information content (AvgIpc) is 2.92. The lowest BCUT2D eigenvalue weighted by atomic mass is 9.97. The first-order valence-corrected chi connectivity index (χ1v) is 11.9. The van der Waals surface area contributed by atoms with Crippen molar-refractivity contribution >= 4 is 54.5 Å². The minimum Gasteiger partial charge on any atom is -0.451 e. The molecule has 1 unspecified atom stereocenters. The van der Waals surface area contributed by atoms with Gasteiger partial charge in [0.2, 0.25) is 0 Å². The fourth-order valence-corrected chi connectivity index (χ4v) is 7.55. The molecule has 0 bridgehead atoms. The van der Waals surface area contributed by atoms with Crippen LogP contribution in [0.25, 0.3) is 0 Å². The first-order chi connectivity index (χ1) is 13.7. The van der Waals surface area contributed by atoms with Gasteiger partial charge in [-0.15, -0.1) is 0 Å². The molecule has 152 valence electrons. The third-order valence-corrected chi connectivity index (χ3v) is 9.80. The molecule has 2 saturated heterocycles. The van der Waals surface area contributed by atoms with Crippen molar-refractivity contribution in [2.75, 3.05) is 0 Å². The zero-order valence-electron chi connectivity index (χ0n) is 15.7. The molecule has 3 atom stereocenters. The van der Waals surface area contributed by atoms with Gasteiger partial charge >= 0.3 is 5.97 Å². The number of β-lactam (4-membered cyclic amide) rings is 1. The SMILES string of the molecule is CC1(C)[C@@H](C(=O)OC(c2ccccc2)c2ccccc2)N2C(=O)C(Br)(Br)[C@@H]2S1=O. The quantitative estimate of drug-likeness (QED) is 0.335. The number of benzene rings is 2. The van der Waals surface area contributed by atoms with Gasteiger partial charge in [-0.1, -0.05) is 92.5 Å². The van der Waals surface area contributed by atoms with Crippen molar-refractivity contribution in [1.29, 1.82) is 0 Å². The number of hydrogen-bond donors (Lipinski definition) is 0. The lowest BCUT2D eigenvalue weighted by molar-refractivity contribution is -0.164. The number of amides is 1. The highest BCUT2D eigenvalue weighted by atomic mass is 79.9. The van der Waals surface area contributed by atoms with Crippen molar-refractivity contribution in [3.63, 3.8) is 0 Å². The molecule has 29 heavy (non-hydrogen) atoms. The summed E-state index contributed by atoms with van der Waals surface area (Å²) in [7, 11) is -1.46. The molecule has 2 heterocycles. The number of esters is 1. The molecule has 0 saturated carbocycles. The van der Waals surface area contributed by atoms with E-state index in [0.29, 0.717) is 0 Å². The topological polar surface area (TPSA) is 63.7 Å². The van der Waals surface area contributed by atoms with Crippen molar-refractivity contribution in [2.24, 2.45) is 0 Å². The second-order valence-corrected chi connectivity index (χ2v) is 13.3. The Bertz CT molecular complexity index is 941. The van der Waals surface area contributed by atoms with E-state index in [1.54, 1.807) is 13.8 Å². The summed E-state index contributed by atoms with van der Waals surface area (Å²) in [6.45, 7) is 3.47. The minimum absolute atomic E-state index is 0.320. The van der Waals surface area contributed by atoms with Gasteiger partial charge in [-0.05, 0) is 25.0 Å². The smallest absolute Gasteiger partial charge is 0.331 e. The summed E-state index contributed by atoms with van der Waals surface area (Å²) >= 11 is 6.62. The van der Waals surface area contributed by atoms with Crippen LogP contribution in [-0.2, 0) is 25.1 Å². The van der Waals surface area contributed by atoms with Crippen LogP contribution in [0.4, 0.5) is 0 Å². The Morgan fingerprint density at radius 1 is 1.03 bits per heavy atom. The van der Waals surface area contributed by atoms with E-state index in [9.17, 15) is 13.8 Å². The molecule has 0 N–H and O–H groups in total. The fourth-order valence-electron chi connectivity index (χ4n) is 3.88. The van der Waals surface area contributed by atoms with Gasteiger partial charge in [0, 0.05) is 0 Å². The summed E-state index contributed by atoms with van der Waals surface area (Å²) in [5, 5.41) is -0.630. The van der Waals surface area contributed by atoms with Crippen molar-refractivity contribution < 1.29 is 18.5 Å². The number of ether oxygens (including phenoxy) is 1. The Balaban J connectivity index is 1.68. The Labute approximate surface area is 188 Å². The Morgan fingerprint density at radius 2 is 1.52 bits per heavy atom. The summed E-state index contributed by atoms with van der Waals surface area (Å²) in [4.78, 5) is 27.3. The van der Waals surface area contributed by atoms with E-state index in [0.717, 1.165) is 11.1 Å². The summed E-state index contributed by atoms with van der Waals surface area (Å²) in [6, 6.07) is 17.9. The number of nitrogens with zero attached hydrogens (tertiary/aromatic N) is 1. The van der Waals surface area contributed by atoms with Crippen LogP contribution in [0, 0.1) is 0 Å². The fraction of sp³-hybridized carbons (Fsp3) is 0.333. The van der Waals surface area contributed by atoms with Crippen LogP contribution >= 0.6 is 31.9 Å². The Hall–Kier alpha value is -1.51. The maximum absolute atomic E-state index is 13.3. The zero-order valence-corrected chi connectivity index (χ0v) is 19.7. The van der Waals surface area contributed by atoms with Crippen LogP contribution in [0.5, 0.6) is 0 Å².